The van der Waals surface area contributed by atoms with Gasteiger partial charge >= 0.3 is 0 Å². The van der Waals surface area contributed by atoms with E-state index in [1.165, 1.54) is 18.4 Å². The molecular formula is C12H14BrNO. The summed E-state index contributed by atoms with van der Waals surface area (Å²) < 4.78 is 6.64. The van der Waals surface area contributed by atoms with Crippen molar-refractivity contribution in [1.82, 2.24) is 4.90 Å². The quantitative estimate of drug-likeness (QED) is 0.777. The minimum Gasteiger partial charge on any atom is -0.463 e. The third-order valence-electron chi connectivity index (χ3n) is 3.69. The molecular weight excluding hydrogens is 254 g/mol. The first kappa shape index (κ1) is 9.67. The van der Waals surface area contributed by atoms with E-state index in [-0.39, 0.29) is 0 Å². The van der Waals surface area contributed by atoms with Gasteiger partial charge in [-0.2, -0.15) is 0 Å². The van der Waals surface area contributed by atoms with Gasteiger partial charge in [0.2, 0.25) is 0 Å². The topological polar surface area (TPSA) is 16.4 Å². The largest absolute Gasteiger partial charge is 0.463 e. The molecule has 2 aliphatic rings. The lowest BCUT2D eigenvalue weighted by Crippen LogP contribution is -2.35. The van der Waals surface area contributed by atoms with Crippen LogP contribution in [0.25, 0.3) is 5.57 Å². The average molecular weight is 268 g/mol. The molecule has 3 rings (SSSR count). The molecule has 2 bridgehead atoms. The first-order chi connectivity index (χ1) is 7.27. The summed E-state index contributed by atoms with van der Waals surface area (Å²) in [5.41, 5.74) is 1.36. The van der Waals surface area contributed by atoms with Gasteiger partial charge in [0.25, 0.3) is 0 Å². The van der Waals surface area contributed by atoms with E-state index in [0.29, 0.717) is 6.04 Å². The zero-order valence-corrected chi connectivity index (χ0v) is 10.3. The molecule has 3 heterocycles. The Bertz CT molecular complexity index is 410. The number of fused-ring (bicyclic) bond motifs is 2. The van der Waals surface area contributed by atoms with E-state index in [0.717, 1.165) is 22.7 Å². The second kappa shape index (κ2) is 3.49. The lowest BCUT2D eigenvalue weighted by Gasteiger charge is -2.30. The van der Waals surface area contributed by atoms with Crippen LogP contribution in [0.5, 0.6) is 0 Å². The summed E-state index contributed by atoms with van der Waals surface area (Å²) in [5, 5.41) is 0. The molecule has 1 aromatic rings. The fraction of sp³-hybridized carbons (Fsp3) is 0.500. The fourth-order valence-corrected chi connectivity index (χ4v) is 3.24. The second-order valence-corrected chi connectivity index (χ2v) is 5.26. The highest BCUT2D eigenvalue weighted by molar-refractivity contribution is 9.10. The minimum atomic E-state index is 0.561. The Kier molecular flexibility index (Phi) is 2.25. The molecule has 3 heteroatoms. The van der Waals surface area contributed by atoms with Crippen LogP contribution in [0, 0.1) is 0 Å². The first-order valence-electron chi connectivity index (χ1n) is 5.42. The van der Waals surface area contributed by atoms with Crippen LogP contribution in [-0.4, -0.2) is 24.0 Å². The Labute approximate surface area is 98.1 Å². The number of hydrogen-bond donors (Lipinski definition) is 0. The molecule has 0 saturated carbocycles. The molecule has 0 aliphatic carbocycles. The van der Waals surface area contributed by atoms with Gasteiger partial charge in [-0.05, 0) is 48.3 Å². The monoisotopic (exact) mass is 267 g/mol. The Hall–Kier alpha value is -0.540. The third-order valence-corrected chi connectivity index (χ3v) is 4.31. The third kappa shape index (κ3) is 1.41. The number of halogens is 1. The van der Waals surface area contributed by atoms with Crippen LogP contribution in [0.15, 0.2) is 27.3 Å². The van der Waals surface area contributed by atoms with Crippen molar-refractivity contribution in [2.75, 3.05) is 7.05 Å². The maximum absolute atomic E-state index is 5.56. The molecule has 2 unspecified atom stereocenters. The van der Waals surface area contributed by atoms with Crippen LogP contribution in [0.3, 0.4) is 0 Å². The van der Waals surface area contributed by atoms with Gasteiger partial charge < -0.3 is 4.42 Å². The van der Waals surface area contributed by atoms with Crippen LogP contribution in [0.2, 0.25) is 0 Å². The molecule has 0 aromatic carbocycles. The molecule has 0 spiro atoms. The Morgan fingerprint density at radius 1 is 1.47 bits per heavy atom. The van der Waals surface area contributed by atoms with Gasteiger partial charge in [0, 0.05) is 17.7 Å². The average Bonchev–Trinajstić information content (AvgIpc) is 2.72. The van der Waals surface area contributed by atoms with Crippen LogP contribution in [-0.2, 0) is 0 Å². The maximum atomic E-state index is 5.56. The van der Waals surface area contributed by atoms with Crippen molar-refractivity contribution < 1.29 is 4.42 Å². The summed E-state index contributed by atoms with van der Waals surface area (Å²) in [5.74, 6) is 1.02. The van der Waals surface area contributed by atoms with Crippen molar-refractivity contribution in [3.05, 3.63) is 28.6 Å². The van der Waals surface area contributed by atoms with E-state index in [4.69, 9.17) is 4.42 Å². The molecule has 2 aliphatic heterocycles. The fourth-order valence-electron chi connectivity index (χ4n) is 2.81. The Morgan fingerprint density at radius 3 is 3.07 bits per heavy atom. The van der Waals surface area contributed by atoms with E-state index in [1.807, 2.05) is 6.07 Å². The van der Waals surface area contributed by atoms with E-state index in [9.17, 15) is 0 Å². The number of furan rings is 1. The molecule has 15 heavy (non-hydrogen) atoms. The molecule has 80 valence electrons. The molecule has 1 aromatic heterocycles. The summed E-state index contributed by atoms with van der Waals surface area (Å²) in [7, 11) is 2.23. The van der Waals surface area contributed by atoms with Gasteiger partial charge in [0.05, 0.1) is 10.7 Å². The van der Waals surface area contributed by atoms with Crippen molar-refractivity contribution >= 4 is 21.5 Å². The van der Waals surface area contributed by atoms with Crippen LogP contribution in [0.4, 0.5) is 0 Å². The lowest BCUT2D eigenvalue weighted by molar-refractivity contribution is 0.265. The van der Waals surface area contributed by atoms with Crippen molar-refractivity contribution in [2.24, 2.45) is 0 Å². The van der Waals surface area contributed by atoms with Crippen LogP contribution >= 0.6 is 15.9 Å². The predicted molar refractivity (Wildman–Crippen MR) is 63.6 cm³/mol. The predicted octanol–water partition coefficient (Wildman–Crippen LogP) is 3.29. The van der Waals surface area contributed by atoms with Gasteiger partial charge in [0.15, 0.2) is 0 Å². The highest BCUT2D eigenvalue weighted by Crippen LogP contribution is 2.40. The number of rotatable bonds is 1. The SMILES string of the molecule is CN1C2CC=C(c3occc3Br)C1CC2. The van der Waals surface area contributed by atoms with Crippen molar-refractivity contribution in [3.8, 4) is 0 Å². The number of nitrogens with zero attached hydrogens (tertiary/aromatic N) is 1. The normalized spacial score (nSPS) is 30.7. The highest BCUT2D eigenvalue weighted by atomic mass is 79.9. The van der Waals surface area contributed by atoms with Gasteiger partial charge in [-0.1, -0.05) is 6.08 Å². The molecule has 1 saturated heterocycles. The van der Waals surface area contributed by atoms with Crippen LogP contribution < -0.4 is 0 Å². The molecule has 2 atom stereocenters. The van der Waals surface area contributed by atoms with Gasteiger partial charge in [-0.25, -0.2) is 0 Å². The van der Waals surface area contributed by atoms with Crippen molar-refractivity contribution in [1.29, 1.82) is 0 Å². The van der Waals surface area contributed by atoms with Crippen LogP contribution in [0.1, 0.15) is 25.0 Å². The standard InChI is InChI=1S/C12H14BrNO/c1-14-8-2-4-9(11(14)5-3-8)12-10(13)6-7-15-12/h4,6-8,11H,2-3,5H2,1H3. The zero-order chi connectivity index (χ0) is 10.4. The number of hydrogen-bond acceptors (Lipinski definition) is 2. The smallest absolute Gasteiger partial charge is 0.145 e. The molecule has 0 N–H and O–H groups in total. The van der Waals surface area contributed by atoms with Crippen molar-refractivity contribution in [2.45, 2.75) is 31.3 Å². The summed E-state index contributed by atoms with van der Waals surface area (Å²) in [6.45, 7) is 0. The summed E-state index contributed by atoms with van der Waals surface area (Å²) in [4.78, 5) is 2.49. The van der Waals surface area contributed by atoms with E-state index in [2.05, 4.69) is 34.0 Å². The van der Waals surface area contributed by atoms with Crippen molar-refractivity contribution in [3.63, 3.8) is 0 Å². The molecule has 2 nitrogen and oxygen atoms in total. The highest BCUT2D eigenvalue weighted by Gasteiger charge is 2.37. The van der Waals surface area contributed by atoms with E-state index in [1.54, 1.807) is 6.26 Å². The molecule has 0 amide bonds. The number of likely N-dealkylation sites (N-methyl/N-ethyl adjacent to an activating group) is 1. The van der Waals surface area contributed by atoms with E-state index < -0.39 is 0 Å². The van der Waals surface area contributed by atoms with Gasteiger partial charge in [0.1, 0.15) is 5.76 Å². The van der Waals surface area contributed by atoms with Gasteiger partial charge in [-0.15, -0.1) is 0 Å². The van der Waals surface area contributed by atoms with Gasteiger partial charge in [-0.3, -0.25) is 4.90 Å². The molecule has 1 fully saturated rings. The lowest BCUT2D eigenvalue weighted by atomic mass is 10.00. The Balaban J connectivity index is 2.01. The molecule has 0 radical (unpaired) electrons. The second-order valence-electron chi connectivity index (χ2n) is 4.41. The first-order valence-corrected chi connectivity index (χ1v) is 6.22. The zero-order valence-electron chi connectivity index (χ0n) is 8.74. The maximum Gasteiger partial charge on any atom is 0.145 e. The summed E-state index contributed by atoms with van der Waals surface area (Å²) in [6, 6.07) is 3.29. The summed E-state index contributed by atoms with van der Waals surface area (Å²) in [6.07, 6.45) is 7.85. The van der Waals surface area contributed by atoms with E-state index >= 15 is 0 Å². The minimum absolute atomic E-state index is 0.561. The Morgan fingerprint density at radius 2 is 2.33 bits per heavy atom. The summed E-state index contributed by atoms with van der Waals surface area (Å²) >= 11 is 3.54.